The minimum absolute atomic E-state index is 0.0550. The maximum Gasteiger partial charge on any atom is 0.163 e. The molecule has 0 fully saturated rings. The highest BCUT2D eigenvalue weighted by Crippen LogP contribution is 1.98. The minimum atomic E-state index is -0.370. The highest BCUT2D eigenvalue weighted by molar-refractivity contribution is 5.85. The van der Waals surface area contributed by atoms with Crippen molar-refractivity contribution >= 4 is 5.78 Å². The van der Waals surface area contributed by atoms with E-state index < -0.39 is 0 Å². The molecule has 0 aromatic heterocycles. The van der Waals surface area contributed by atoms with Crippen molar-refractivity contribution in [1.29, 1.82) is 0 Å². The number of carbonyl (C=O) groups excluding carboxylic acids is 1. The van der Waals surface area contributed by atoms with Crippen LogP contribution in [0.25, 0.3) is 0 Å². The number of nitrogens with two attached hydrogens (primary N) is 1. The van der Waals surface area contributed by atoms with Crippen molar-refractivity contribution in [3.8, 4) is 0 Å². The Hall–Kier alpha value is -0.490. The third-order valence-electron chi connectivity index (χ3n) is 2.45. The van der Waals surface area contributed by atoms with Crippen LogP contribution >= 0.6 is 0 Å². The first-order chi connectivity index (χ1) is 8.09. The highest BCUT2D eigenvalue weighted by atomic mass is 16.5. The van der Waals surface area contributed by atoms with Gasteiger partial charge in [-0.15, -0.1) is 0 Å². The summed E-state index contributed by atoms with van der Waals surface area (Å²) in [5.74, 6) is 0.244. The van der Waals surface area contributed by atoms with Crippen LogP contribution in [0.2, 0.25) is 0 Å². The molecule has 102 valence electrons. The number of rotatable bonds is 11. The van der Waals surface area contributed by atoms with Gasteiger partial charge in [0.1, 0.15) is 0 Å². The van der Waals surface area contributed by atoms with E-state index in [2.05, 4.69) is 5.32 Å². The fraction of sp³-hybridized carbons (Fsp3) is 0.917. The number of ketones is 1. The van der Waals surface area contributed by atoms with Gasteiger partial charge in [0.15, 0.2) is 5.78 Å². The summed E-state index contributed by atoms with van der Waals surface area (Å²) in [5, 5.41) is 3.03. The summed E-state index contributed by atoms with van der Waals surface area (Å²) in [7, 11) is 1.67. The van der Waals surface area contributed by atoms with Crippen molar-refractivity contribution in [2.75, 3.05) is 40.0 Å². The molecule has 0 saturated carbocycles. The number of nitrogens with one attached hydrogen (secondary N) is 1. The van der Waals surface area contributed by atoms with Crippen LogP contribution in [0.3, 0.4) is 0 Å². The molecule has 0 rings (SSSR count). The molecule has 17 heavy (non-hydrogen) atoms. The maximum absolute atomic E-state index is 11.5. The van der Waals surface area contributed by atoms with Gasteiger partial charge in [0, 0.05) is 26.9 Å². The quantitative estimate of drug-likeness (QED) is 0.509. The van der Waals surface area contributed by atoms with Crippen LogP contribution in [0.15, 0.2) is 0 Å². The van der Waals surface area contributed by atoms with Crippen molar-refractivity contribution in [2.45, 2.75) is 26.3 Å². The van der Waals surface area contributed by atoms with Gasteiger partial charge in [0.05, 0.1) is 19.2 Å². The van der Waals surface area contributed by atoms with Crippen LogP contribution < -0.4 is 11.1 Å². The van der Waals surface area contributed by atoms with E-state index in [0.717, 1.165) is 13.0 Å². The summed E-state index contributed by atoms with van der Waals surface area (Å²) >= 11 is 0. The van der Waals surface area contributed by atoms with E-state index in [4.69, 9.17) is 15.2 Å². The Morgan fingerprint density at radius 1 is 1.29 bits per heavy atom. The molecule has 3 N–H and O–H groups in total. The Bertz CT molecular complexity index is 198. The molecular formula is C12H26N2O3. The molecule has 5 heteroatoms. The molecule has 0 aliphatic carbocycles. The van der Waals surface area contributed by atoms with Crippen molar-refractivity contribution in [3.05, 3.63) is 0 Å². The molecule has 0 heterocycles. The second-order valence-corrected chi connectivity index (χ2v) is 4.37. The second-order valence-electron chi connectivity index (χ2n) is 4.37. The van der Waals surface area contributed by atoms with Crippen molar-refractivity contribution in [2.24, 2.45) is 11.7 Å². The molecule has 0 aliphatic heterocycles. The lowest BCUT2D eigenvalue weighted by Crippen LogP contribution is -2.41. The number of hydrogen-bond acceptors (Lipinski definition) is 5. The van der Waals surface area contributed by atoms with Gasteiger partial charge >= 0.3 is 0 Å². The minimum Gasteiger partial charge on any atom is -0.385 e. The molecule has 0 aromatic rings. The summed E-state index contributed by atoms with van der Waals surface area (Å²) < 4.78 is 10.2. The topological polar surface area (TPSA) is 73.6 Å². The van der Waals surface area contributed by atoms with E-state index >= 15 is 0 Å². The molecule has 5 nitrogen and oxygen atoms in total. The Balaban J connectivity index is 3.31. The second kappa shape index (κ2) is 10.7. The predicted molar refractivity (Wildman–Crippen MR) is 68.0 cm³/mol. The van der Waals surface area contributed by atoms with Gasteiger partial charge < -0.3 is 20.5 Å². The smallest absolute Gasteiger partial charge is 0.163 e. The molecule has 0 bridgehead atoms. The van der Waals surface area contributed by atoms with Crippen LogP contribution in [0.1, 0.15) is 20.3 Å². The van der Waals surface area contributed by atoms with E-state index in [0.29, 0.717) is 26.3 Å². The van der Waals surface area contributed by atoms with E-state index in [-0.39, 0.29) is 17.7 Å². The number of carbonyl (C=O) groups is 1. The molecule has 0 saturated heterocycles. The zero-order chi connectivity index (χ0) is 13.1. The molecule has 1 atom stereocenters. The van der Waals surface area contributed by atoms with Crippen molar-refractivity contribution in [3.63, 3.8) is 0 Å². The standard InChI is InChI=1S/C12H26N2O3/c1-10(2)12(13)11(15)9-14-5-8-17-7-4-6-16-3/h10,12,14H,4-9,13H2,1-3H3. The molecular weight excluding hydrogens is 220 g/mol. The largest absolute Gasteiger partial charge is 0.385 e. The van der Waals surface area contributed by atoms with Gasteiger partial charge in [0.2, 0.25) is 0 Å². The highest BCUT2D eigenvalue weighted by Gasteiger charge is 2.15. The van der Waals surface area contributed by atoms with Crippen LogP contribution in [-0.2, 0) is 14.3 Å². The first kappa shape index (κ1) is 16.5. The normalized spacial score (nSPS) is 13.0. The first-order valence-corrected chi connectivity index (χ1v) is 6.15. The number of Topliss-reactive ketones (excluding diaryl/α,β-unsaturated/α-hetero) is 1. The average molecular weight is 246 g/mol. The molecule has 1 unspecified atom stereocenters. The van der Waals surface area contributed by atoms with Crippen LogP contribution in [0, 0.1) is 5.92 Å². The fourth-order valence-electron chi connectivity index (χ4n) is 1.25. The Morgan fingerprint density at radius 2 is 2.00 bits per heavy atom. The Kier molecular flexibility index (Phi) is 10.3. The lowest BCUT2D eigenvalue weighted by molar-refractivity contribution is -0.120. The van der Waals surface area contributed by atoms with Crippen LogP contribution in [0.5, 0.6) is 0 Å². The summed E-state index contributed by atoms with van der Waals surface area (Å²) in [4.78, 5) is 11.5. The summed E-state index contributed by atoms with van der Waals surface area (Å²) in [6.07, 6.45) is 0.896. The van der Waals surface area contributed by atoms with E-state index in [1.54, 1.807) is 7.11 Å². The first-order valence-electron chi connectivity index (χ1n) is 6.15. The van der Waals surface area contributed by atoms with Crippen molar-refractivity contribution < 1.29 is 14.3 Å². The SMILES string of the molecule is COCCCOCCNCC(=O)C(N)C(C)C. The summed E-state index contributed by atoms with van der Waals surface area (Å²) in [6, 6.07) is -0.370. The Morgan fingerprint density at radius 3 is 2.59 bits per heavy atom. The number of methoxy groups -OCH3 is 1. The van der Waals surface area contributed by atoms with E-state index in [9.17, 15) is 4.79 Å². The number of hydrogen-bond donors (Lipinski definition) is 2. The van der Waals surface area contributed by atoms with Gasteiger partial charge in [-0.1, -0.05) is 13.8 Å². The molecule has 0 aromatic carbocycles. The van der Waals surface area contributed by atoms with Gasteiger partial charge in [-0.25, -0.2) is 0 Å². The van der Waals surface area contributed by atoms with Crippen molar-refractivity contribution in [1.82, 2.24) is 5.32 Å². The average Bonchev–Trinajstić information content (AvgIpc) is 2.31. The molecule has 0 spiro atoms. The lowest BCUT2D eigenvalue weighted by Gasteiger charge is -2.14. The van der Waals surface area contributed by atoms with Crippen LogP contribution in [0.4, 0.5) is 0 Å². The number of ether oxygens (including phenoxy) is 2. The lowest BCUT2D eigenvalue weighted by atomic mass is 10.0. The Labute approximate surface area is 104 Å². The van der Waals surface area contributed by atoms with Gasteiger partial charge in [0.25, 0.3) is 0 Å². The third-order valence-corrected chi connectivity index (χ3v) is 2.45. The zero-order valence-electron chi connectivity index (χ0n) is 11.2. The van der Waals surface area contributed by atoms with Crippen LogP contribution in [-0.4, -0.2) is 51.8 Å². The zero-order valence-corrected chi connectivity index (χ0v) is 11.2. The van der Waals surface area contributed by atoms with E-state index in [1.807, 2.05) is 13.8 Å². The summed E-state index contributed by atoms with van der Waals surface area (Å²) in [5.41, 5.74) is 5.72. The van der Waals surface area contributed by atoms with Gasteiger partial charge in [-0.2, -0.15) is 0 Å². The summed E-state index contributed by atoms with van der Waals surface area (Å²) in [6.45, 7) is 6.89. The molecule has 0 radical (unpaired) electrons. The van der Waals surface area contributed by atoms with E-state index in [1.165, 1.54) is 0 Å². The van der Waals surface area contributed by atoms with Gasteiger partial charge in [-0.05, 0) is 12.3 Å². The molecule has 0 aliphatic rings. The molecule has 0 amide bonds. The maximum atomic E-state index is 11.5. The fourth-order valence-corrected chi connectivity index (χ4v) is 1.25. The predicted octanol–water partition coefficient (Wildman–Crippen LogP) is 0.182. The monoisotopic (exact) mass is 246 g/mol. The van der Waals surface area contributed by atoms with Gasteiger partial charge in [-0.3, -0.25) is 4.79 Å². The third kappa shape index (κ3) is 9.23.